The van der Waals surface area contributed by atoms with Crippen LogP contribution in [0, 0.1) is 11.3 Å². The summed E-state index contributed by atoms with van der Waals surface area (Å²) in [7, 11) is 0. The molecule has 1 aliphatic rings. The molecule has 2 unspecified atom stereocenters. The predicted octanol–water partition coefficient (Wildman–Crippen LogP) is 2.95. The molecular weight excluding hydrogens is 198 g/mol. The predicted molar refractivity (Wildman–Crippen MR) is 69.5 cm³/mol. The Kier molecular flexibility index (Phi) is 5.77. The van der Waals surface area contributed by atoms with E-state index in [2.05, 4.69) is 26.1 Å². The summed E-state index contributed by atoms with van der Waals surface area (Å²) in [6.45, 7) is 8.83. The summed E-state index contributed by atoms with van der Waals surface area (Å²) in [6.07, 6.45) is 7.04. The molecular formula is C14H29NO. The first-order chi connectivity index (χ1) is 7.62. The summed E-state index contributed by atoms with van der Waals surface area (Å²) >= 11 is 0. The van der Waals surface area contributed by atoms with Gasteiger partial charge in [0.2, 0.25) is 0 Å². The number of aliphatic hydroxyl groups excluding tert-OH is 1. The maximum atomic E-state index is 10.1. The number of nitrogens with one attached hydrogen (secondary N) is 1. The van der Waals surface area contributed by atoms with Crippen molar-refractivity contribution in [3.63, 3.8) is 0 Å². The molecule has 2 heteroatoms. The third kappa shape index (κ3) is 3.74. The van der Waals surface area contributed by atoms with Crippen LogP contribution in [0.4, 0.5) is 0 Å². The van der Waals surface area contributed by atoms with Crippen LogP contribution in [0.15, 0.2) is 0 Å². The summed E-state index contributed by atoms with van der Waals surface area (Å²) in [6, 6.07) is 0. The molecule has 1 aliphatic carbocycles. The van der Waals surface area contributed by atoms with Gasteiger partial charge in [-0.1, -0.05) is 46.5 Å². The summed E-state index contributed by atoms with van der Waals surface area (Å²) in [5.74, 6) is 0.796. The molecule has 0 aromatic heterocycles. The van der Waals surface area contributed by atoms with Crippen LogP contribution in [0.5, 0.6) is 0 Å². The Morgan fingerprint density at radius 3 is 2.56 bits per heavy atom. The highest BCUT2D eigenvalue weighted by Gasteiger charge is 2.34. The highest BCUT2D eigenvalue weighted by atomic mass is 16.3. The summed E-state index contributed by atoms with van der Waals surface area (Å²) in [5.41, 5.74) is 0.115. The van der Waals surface area contributed by atoms with Crippen LogP contribution in [0.1, 0.15) is 59.3 Å². The molecule has 2 nitrogen and oxygen atoms in total. The minimum absolute atomic E-state index is 0.101. The van der Waals surface area contributed by atoms with E-state index in [0.29, 0.717) is 0 Å². The highest BCUT2D eigenvalue weighted by molar-refractivity contribution is 4.88. The van der Waals surface area contributed by atoms with Crippen LogP contribution >= 0.6 is 0 Å². The van der Waals surface area contributed by atoms with E-state index in [1.165, 1.54) is 32.1 Å². The molecule has 0 amide bonds. The zero-order chi connectivity index (χ0) is 12.0. The molecule has 1 saturated carbocycles. The Hall–Kier alpha value is -0.0800. The number of aliphatic hydroxyl groups is 1. The third-order valence-corrected chi connectivity index (χ3v) is 4.40. The van der Waals surface area contributed by atoms with E-state index in [1.54, 1.807) is 0 Å². The van der Waals surface area contributed by atoms with Crippen LogP contribution in [0.3, 0.4) is 0 Å². The van der Waals surface area contributed by atoms with Crippen molar-refractivity contribution in [2.75, 3.05) is 13.1 Å². The molecule has 0 heterocycles. The molecule has 1 fully saturated rings. The average molecular weight is 227 g/mol. The molecule has 0 aromatic carbocycles. The number of hydrogen-bond acceptors (Lipinski definition) is 2. The largest absolute Gasteiger partial charge is 0.393 e. The second-order valence-corrected chi connectivity index (χ2v) is 5.73. The Morgan fingerprint density at radius 1 is 1.31 bits per heavy atom. The van der Waals surface area contributed by atoms with Gasteiger partial charge in [-0.2, -0.15) is 0 Å². The van der Waals surface area contributed by atoms with Gasteiger partial charge in [0.15, 0.2) is 0 Å². The van der Waals surface area contributed by atoms with E-state index in [4.69, 9.17) is 0 Å². The molecule has 0 spiro atoms. The molecule has 0 saturated heterocycles. The van der Waals surface area contributed by atoms with Crippen molar-refractivity contribution in [3.8, 4) is 0 Å². The Balaban J connectivity index is 2.29. The highest BCUT2D eigenvalue weighted by Crippen LogP contribution is 2.35. The van der Waals surface area contributed by atoms with Crippen LogP contribution in [-0.4, -0.2) is 24.3 Å². The zero-order valence-corrected chi connectivity index (χ0v) is 11.3. The topological polar surface area (TPSA) is 32.3 Å². The number of rotatable bonds is 6. The summed E-state index contributed by atoms with van der Waals surface area (Å²) < 4.78 is 0. The van der Waals surface area contributed by atoms with Gasteiger partial charge in [-0.25, -0.2) is 0 Å². The van der Waals surface area contributed by atoms with Crippen molar-refractivity contribution in [2.45, 2.75) is 65.4 Å². The lowest BCUT2D eigenvalue weighted by atomic mass is 9.73. The van der Waals surface area contributed by atoms with Crippen molar-refractivity contribution < 1.29 is 5.11 Å². The molecule has 0 aliphatic heterocycles. The van der Waals surface area contributed by atoms with Crippen LogP contribution in [0.2, 0.25) is 0 Å². The monoisotopic (exact) mass is 227 g/mol. The van der Waals surface area contributed by atoms with Crippen molar-refractivity contribution in [2.24, 2.45) is 11.3 Å². The van der Waals surface area contributed by atoms with Gasteiger partial charge < -0.3 is 10.4 Å². The first kappa shape index (κ1) is 14.0. The van der Waals surface area contributed by atoms with E-state index in [-0.39, 0.29) is 11.5 Å². The fourth-order valence-corrected chi connectivity index (χ4v) is 2.73. The fourth-order valence-electron chi connectivity index (χ4n) is 2.73. The van der Waals surface area contributed by atoms with Gasteiger partial charge >= 0.3 is 0 Å². The molecule has 0 bridgehead atoms. The van der Waals surface area contributed by atoms with Crippen molar-refractivity contribution in [1.29, 1.82) is 0 Å². The first-order valence-electron chi connectivity index (χ1n) is 7.01. The van der Waals surface area contributed by atoms with Gasteiger partial charge in [0, 0.05) is 12.0 Å². The average Bonchev–Trinajstić information content (AvgIpc) is 2.29. The van der Waals surface area contributed by atoms with E-state index in [1.807, 2.05) is 0 Å². The maximum Gasteiger partial charge on any atom is 0.0605 e. The molecule has 1 rings (SSSR count). The van der Waals surface area contributed by atoms with E-state index in [0.717, 1.165) is 25.4 Å². The molecule has 0 aromatic rings. The van der Waals surface area contributed by atoms with Gasteiger partial charge in [-0.05, 0) is 25.3 Å². The van der Waals surface area contributed by atoms with Crippen LogP contribution in [-0.2, 0) is 0 Å². The van der Waals surface area contributed by atoms with Crippen molar-refractivity contribution in [1.82, 2.24) is 5.32 Å². The SMILES string of the molecule is CCC(CC)CNCC1(C)CCCCC1O. The normalized spacial score (nSPS) is 30.9. The van der Waals surface area contributed by atoms with Gasteiger partial charge in [-0.15, -0.1) is 0 Å². The van der Waals surface area contributed by atoms with Gasteiger partial charge in [0.05, 0.1) is 6.10 Å². The lowest BCUT2D eigenvalue weighted by molar-refractivity contribution is 0.000874. The van der Waals surface area contributed by atoms with E-state index < -0.39 is 0 Å². The van der Waals surface area contributed by atoms with Gasteiger partial charge in [0.25, 0.3) is 0 Å². The first-order valence-corrected chi connectivity index (χ1v) is 7.01. The quantitative estimate of drug-likeness (QED) is 0.731. The Labute approximate surface area is 101 Å². The third-order valence-electron chi connectivity index (χ3n) is 4.40. The molecule has 16 heavy (non-hydrogen) atoms. The van der Waals surface area contributed by atoms with Crippen molar-refractivity contribution in [3.05, 3.63) is 0 Å². The smallest absolute Gasteiger partial charge is 0.0605 e. The van der Waals surface area contributed by atoms with E-state index >= 15 is 0 Å². The van der Waals surface area contributed by atoms with Crippen LogP contribution in [0.25, 0.3) is 0 Å². The van der Waals surface area contributed by atoms with Gasteiger partial charge in [0.1, 0.15) is 0 Å². The second-order valence-electron chi connectivity index (χ2n) is 5.73. The second kappa shape index (κ2) is 6.61. The maximum absolute atomic E-state index is 10.1. The van der Waals surface area contributed by atoms with Gasteiger partial charge in [-0.3, -0.25) is 0 Å². The fraction of sp³-hybridized carbons (Fsp3) is 1.00. The van der Waals surface area contributed by atoms with Crippen molar-refractivity contribution >= 4 is 0 Å². The van der Waals surface area contributed by atoms with E-state index in [9.17, 15) is 5.11 Å². The molecule has 96 valence electrons. The Bertz CT molecular complexity index is 191. The molecule has 0 radical (unpaired) electrons. The minimum Gasteiger partial charge on any atom is -0.393 e. The lowest BCUT2D eigenvalue weighted by Crippen LogP contribution is -2.44. The summed E-state index contributed by atoms with van der Waals surface area (Å²) in [4.78, 5) is 0. The molecule has 2 N–H and O–H groups in total. The zero-order valence-electron chi connectivity index (χ0n) is 11.3. The van der Waals surface area contributed by atoms with Crippen LogP contribution < -0.4 is 5.32 Å². The standard InChI is InChI=1S/C14H29NO/c1-4-12(5-2)10-15-11-14(3)9-7-6-8-13(14)16/h12-13,15-16H,4-11H2,1-3H3. The Morgan fingerprint density at radius 2 is 2.00 bits per heavy atom. The molecule has 2 atom stereocenters. The lowest BCUT2D eigenvalue weighted by Gasteiger charge is -2.39. The number of hydrogen-bond donors (Lipinski definition) is 2. The minimum atomic E-state index is -0.101. The summed E-state index contributed by atoms with van der Waals surface area (Å²) in [5, 5.41) is 13.6.